The second-order valence-corrected chi connectivity index (χ2v) is 9.44. The van der Waals surface area contributed by atoms with E-state index in [1.54, 1.807) is 26.2 Å². The van der Waals surface area contributed by atoms with Crippen molar-refractivity contribution in [3.8, 4) is 5.75 Å². The third-order valence-electron chi connectivity index (χ3n) is 5.62. The molecule has 0 spiro atoms. The van der Waals surface area contributed by atoms with E-state index in [4.69, 9.17) is 4.74 Å². The lowest BCUT2D eigenvalue weighted by molar-refractivity contribution is 0.410. The third-order valence-corrected chi connectivity index (χ3v) is 7.17. The molecule has 0 saturated carbocycles. The molecule has 0 aromatic heterocycles. The van der Waals surface area contributed by atoms with E-state index in [2.05, 4.69) is 28.7 Å². The fourth-order valence-corrected chi connectivity index (χ4v) is 5.10. The molecule has 0 amide bonds. The zero-order chi connectivity index (χ0) is 20.3. The van der Waals surface area contributed by atoms with Crippen molar-refractivity contribution >= 4 is 15.7 Å². The van der Waals surface area contributed by atoms with Crippen molar-refractivity contribution in [1.82, 2.24) is 4.72 Å². The summed E-state index contributed by atoms with van der Waals surface area (Å²) in [5.74, 6) is 1.41. The van der Waals surface area contributed by atoms with Crippen molar-refractivity contribution in [2.24, 2.45) is 5.92 Å². The lowest BCUT2D eigenvalue weighted by Gasteiger charge is -2.32. The maximum absolute atomic E-state index is 12.8. The van der Waals surface area contributed by atoms with Crippen LogP contribution in [0.4, 0.5) is 5.69 Å². The number of hydrogen-bond acceptors (Lipinski definition) is 4. The highest BCUT2D eigenvalue weighted by Gasteiger charge is 2.20. The summed E-state index contributed by atoms with van der Waals surface area (Å²) in [5.41, 5.74) is 3.70. The van der Waals surface area contributed by atoms with Gasteiger partial charge in [-0.1, -0.05) is 19.1 Å². The Bertz CT molecular complexity index is 924. The fourth-order valence-electron chi connectivity index (χ4n) is 3.79. The largest absolute Gasteiger partial charge is 0.496 e. The van der Waals surface area contributed by atoms with Crippen molar-refractivity contribution in [3.05, 3.63) is 53.1 Å². The molecule has 2 aromatic rings. The first-order chi connectivity index (χ1) is 13.3. The van der Waals surface area contributed by atoms with E-state index in [0.29, 0.717) is 16.2 Å². The van der Waals surface area contributed by atoms with Crippen molar-refractivity contribution < 1.29 is 13.2 Å². The number of rotatable bonds is 6. The van der Waals surface area contributed by atoms with E-state index in [1.807, 2.05) is 19.1 Å². The molecule has 1 heterocycles. The van der Waals surface area contributed by atoms with Gasteiger partial charge >= 0.3 is 0 Å². The summed E-state index contributed by atoms with van der Waals surface area (Å²) in [7, 11) is -2.00. The zero-order valence-corrected chi connectivity index (χ0v) is 18.0. The maximum Gasteiger partial charge on any atom is 0.241 e. The SMILES string of the molecule is COc1ccc(S(=O)(=O)NCc2ccc(N3CCC[C@@H](C)C3)cc2)c(C)c1C. The molecule has 0 radical (unpaired) electrons. The van der Waals surface area contributed by atoms with E-state index in [-0.39, 0.29) is 6.54 Å². The predicted octanol–water partition coefficient (Wildman–Crippen LogP) is 4.03. The monoisotopic (exact) mass is 402 g/mol. The van der Waals surface area contributed by atoms with Crippen LogP contribution in [0, 0.1) is 19.8 Å². The molecule has 0 unspecified atom stereocenters. The van der Waals surface area contributed by atoms with Gasteiger partial charge < -0.3 is 9.64 Å². The Labute approximate surface area is 168 Å². The van der Waals surface area contributed by atoms with Crippen molar-refractivity contribution in [2.45, 2.75) is 45.1 Å². The Hall–Kier alpha value is -2.05. The van der Waals surface area contributed by atoms with Gasteiger partial charge in [0.05, 0.1) is 12.0 Å². The summed E-state index contributed by atoms with van der Waals surface area (Å²) < 4.78 is 33.5. The molecule has 28 heavy (non-hydrogen) atoms. The van der Waals surface area contributed by atoms with Gasteiger partial charge in [-0.3, -0.25) is 0 Å². The van der Waals surface area contributed by atoms with Crippen LogP contribution >= 0.6 is 0 Å². The first-order valence-corrected chi connectivity index (χ1v) is 11.3. The van der Waals surface area contributed by atoms with E-state index >= 15 is 0 Å². The molecular formula is C22H30N2O3S. The Kier molecular flexibility index (Phi) is 6.30. The van der Waals surface area contributed by atoms with Crippen LogP contribution in [-0.4, -0.2) is 28.6 Å². The number of hydrogen-bond donors (Lipinski definition) is 1. The first-order valence-electron chi connectivity index (χ1n) is 9.79. The van der Waals surface area contributed by atoms with Gasteiger partial charge in [-0.25, -0.2) is 13.1 Å². The predicted molar refractivity (Wildman–Crippen MR) is 114 cm³/mol. The van der Waals surface area contributed by atoms with Crippen LogP contribution in [0.15, 0.2) is 41.3 Å². The molecule has 152 valence electrons. The highest BCUT2D eigenvalue weighted by Crippen LogP contribution is 2.27. The minimum absolute atomic E-state index is 0.267. The average molecular weight is 403 g/mol. The lowest BCUT2D eigenvalue weighted by Crippen LogP contribution is -2.34. The molecule has 1 N–H and O–H groups in total. The summed E-state index contributed by atoms with van der Waals surface area (Å²) in [4.78, 5) is 2.70. The third kappa shape index (κ3) is 4.50. The molecule has 1 fully saturated rings. The second kappa shape index (κ2) is 8.53. The number of methoxy groups -OCH3 is 1. The molecular weight excluding hydrogens is 372 g/mol. The average Bonchev–Trinajstić information content (AvgIpc) is 2.69. The van der Waals surface area contributed by atoms with Crippen LogP contribution in [0.1, 0.15) is 36.5 Å². The summed E-state index contributed by atoms with van der Waals surface area (Å²) in [6.45, 7) is 8.41. The Morgan fingerprint density at radius 2 is 1.82 bits per heavy atom. The highest BCUT2D eigenvalue weighted by atomic mass is 32.2. The van der Waals surface area contributed by atoms with Gasteiger partial charge in [-0.05, 0) is 73.6 Å². The zero-order valence-electron chi connectivity index (χ0n) is 17.2. The molecule has 5 nitrogen and oxygen atoms in total. The standard InChI is InChI=1S/C22H30N2O3S/c1-16-6-5-13-24(15-16)20-9-7-19(8-10-20)14-23-28(25,26)22-12-11-21(27-4)17(2)18(22)3/h7-12,16,23H,5-6,13-15H2,1-4H3/t16-/m1/s1. The Morgan fingerprint density at radius 3 is 2.46 bits per heavy atom. The van der Waals surface area contributed by atoms with E-state index in [0.717, 1.165) is 30.1 Å². The molecule has 1 aliphatic heterocycles. The minimum Gasteiger partial charge on any atom is -0.496 e. The number of nitrogens with zero attached hydrogens (tertiary/aromatic N) is 1. The summed E-state index contributed by atoms with van der Waals surface area (Å²) in [6, 6.07) is 11.5. The summed E-state index contributed by atoms with van der Waals surface area (Å²) >= 11 is 0. The van der Waals surface area contributed by atoms with Gasteiger partial charge in [0.25, 0.3) is 0 Å². The molecule has 6 heteroatoms. The van der Waals surface area contributed by atoms with E-state index in [1.165, 1.54) is 18.5 Å². The number of benzene rings is 2. The Morgan fingerprint density at radius 1 is 1.11 bits per heavy atom. The molecule has 0 aliphatic carbocycles. The first kappa shape index (κ1) is 20.7. The Balaban J connectivity index is 1.69. The van der Waals surface area contributed by atoms with Gasteiger partial charge in [-0.2, -0.15) is 0 Å². The van der Waals surface area contributed by atoms with Crippen LogP contribution in [0.2, 0.25) is 0 Å². The second-order valence-electron chi connectivity index (χ2n) is 7.70. The van der Waals surface area contributed by atoms with Crippen LogP contribution < -0.4 is 14.4 Å². The van der Waals surface area contributed by atoms with Crippen molar-refractivity contribution in [1.29, 1.82) is 0 Å². The van der Waals surface area contributed by atoms with Gasteiger partial charge in [0.1, 0.15) is 5.75 Å². The summed E-state index contributed by atoms with van der Waals surface area (Å²) in [6.07, 6.45) is 2.52. The molecule has 3 rings (SSSR count). The number of ether oxygens (including phenoxy) is 1. The van der Waals surface area contributed by atoms with Crippen molar-refractivity contribution in [3.63, 3.8) is 0 Å². The van der Waals surface area contributed by atoms with Crippen LogP contribution in [0.25, 0.3) is 0 Å². The fraction of sp³-hybridized carbons (Fsp3) is 0.455. The summed E-state index contributed by atoms with van der Waals surface area (Å²) in [5, 5.41) is 0. The highest BCUT2D eigenvalue weighted by molar-refractivity contribution is 7.89. The lowest BCUT2D eigenvalue weighted by atomic mass is 9.99. The smallest absolute Gasteiger partial charge is 0.241 e. The van der Waals surface area contributed by atoms with E-state index in [9.17, 15) is 8.42 Å². The molecule has 1 atom stereocenters. The number of piperidine rings is 1. The quantitative estimate of drug-likeness (QED) is 0.793. The van der Waals surface area contributed by atoms with E-state index < -0.39 is 10.0 Å². The topological polar surface area (TPSA) is 58.6 Å². The van der Waals surface area contributed by atoms with Gasteiger partial charge in [0.2, 0.25) is 10.0 Å². The number of anilines is 1. The van der Waals surface area contributed by atoms with Crippen LogP contribution in [0.3, 0.4) is 0 Å². The number of sulfonamides is 1. The molecule has 2 aromatic carbocycles. The van der Waals surface area contributed by atoms with Gasteiger partial charge in [0.15, 0.2) is 0 Å². The van der Waals surface area contributed by atoms with Crippen LogP contribution in [0.5, 0.6) is 5.75 Å². The molecule has 0 bridgehead atoms. The minimum atomic E-state index is -3.59. The normalized spacial score (nSPS) is 17.6. The van der Waals surface area contributed by atoms with Gasteiger partial charge in [0, 0.05) is 25.3 Å². The maximum atomic E-state index is 12.8. The van der Waals surface area contributed by atoms with Gasteiger partial charge in [-0.15, -0.1) is 0 Å². The molecule has 1 aliphatic rings. The number of nitrogens with one attached hydrogen (secondary N) is 1. The van der Waals surface area contributed by atoms with Crippen molar-refractivity contribution in [2.75, 3.05) is 25.1 Å². The van der Waals surface area contributed by atoms with Crippen LogP contribution in [-0.2, 0) is 16.6 Å². The molecule has 1 saturated heterocycles.